The number of alkyl halides is 4. The van der Waals surface area contributed by atoms with Crippen LogP contribution in [-0.4, -0.2) is 33.0 Å². The van der Waals surface area contributed by atoms with E-state index in [-0.39, 0.29) is 31.2 Å². The molecule has 0 unspecified atom stereocenters. The van der Waals surface area contributed by atoms with Gasteiger partial charge < -0.3 is 4.90 Å². The number of hydrogen-bond acceptors (Lipinski definition) is 4. The molecule has 2 aromatic rings. The fraction of sp³-hybridized carbons (Fsp3) is 0.500. The summed E-state index contributed by atoms with van der Waals surface area (Å²) in [6.07, 6.45) is -2.66. The third-order valence-corrected chi connectivity index (χ3v) is 3.10. The molecule has 0 aliphatic heterocycles. The summed E-state index contributed by atoms with van der Waals surface area (Å²) in [5.74, 6) is -0.0728. The van der Waals surface area contributed by atoms with Crippen LogP contribution in [0.1, 0.15) is 23.5 Å². The third-order valence-electron chi connectivity index (χ3n) is 3.10. The lowest BCUT2D eigenvalue weighted by atomic mass is 10.3. The van der Waals surface area contributed by atoms with Crippen molar-refractivity contribution >= 4 is 5.95 Å². The number of aromatic nitrogens is 4. The van der Waals surface area contributed by atoms with E-state index in [0.29, 0.717) is 5.69 Å². The van der Waals surface area contributed by atoms with E-state index in [9.17, 15) is 17.6 Å². The summed E-state index contributed by atoms with van der Waals surface area (Å²) in [7, 11) is 1.74. The molecule has 0 radical (unpaired) electrons. The van der Waals surface area contributed by atoms with Gasteiger partial charge in [-0.15, -0.1) is 0 Å². The van der Waals surface area contributed by atoms with E-state index in [0.717, 1.165) is 6.07 Å². The monoisotopic (exact) mass is 331 g/mol. The molecule has 0 atom stereocenters. The summed E-state index contributed by atoms with van der Waals surface area (Å²) in [6, 6.07) is 2.63. The Morgan fingerprint density at radius 3 is 2.57 bits per heavy atom. The first-order valence-corrected chi connectivity index (χ1v) is 7.02. The van der Waals surface area contributed by atoms with Gasteiger partial charge in [0.15, 0.2) is 0 Å². The average Bonchev–Trinajstić information content (AvgIpc) is 2.87. The molecule has 0 saturated heterocycles. The molecule has 0 fully saturated rings. The van der Waals surface area contributed by atoms with Crippen molar-refractivity contribution in [2.45, 2.75) is 26.1 Å². The van der Waals surface area contributed by atoms with Crippen molar-refractivity contribution in [1.29, 1.82) is 0 Å². The van der Waals surface area contributed by atoms with Crippen LogP contribution in [0.3, 0.4) is 0 Å². The predicted molar refractivity (Wildman–Crippen MR) is 76.6 cm³/mol. The van der Waals surface area contributed by atoms with Crippen LogP contribution >= 0.6 is 0 Å². The molecular formula is C14H17F4N5. The van der Waals surface area contributed by atoms with E-state index in [1.165, 1.54) is 11.8 Å². The van der Waals surface area contributed by atoms with Gasteiger partial charge in [0, 0.05) is 25.5 Å². The fourth-order valence-corrected chi connectivity index (χ4v) is 2.08. The molecule has 0 aliphatic rings. The van der Waals surface area contributed by atoms with Gasteiger partial charge in [0.1, 0.15) is 5.69 Å². The van der Waals surface area contributed by atoms with Crippen LogP contribution in [0.2, 0.25) is 0 Å². The molecule has 2 aromatic heterocycles. The Morgan fingerprint density at radius 2 is 2.00 bits per heavy atom. The van der Waals surface area contributed by atoms with Crippen LogP contribution in [0.4, 0.5) is 23.5 Å². The Kier molecular flexibility index (Phi) is 5.17. The van der Waals surface area contributed by atoms with Gasteiger partial charge in [-0.25, -0.2) is 9.97 Å². The van der Waals surface area contributed by atoms with Crippen molar-refractivity contribution in [3.63, 3.8) is 0 Å². The quantitative estimate of drug-likeness (QED) is 0.764. The molecule has 0 aromatic carbocycles. The molecule has 126 valence electrons. The lowest BCUT2D eigenvalue weighted by molar-refractivity contribution is -0.141. The zero-order chi connectivity index (χ0) is 17.0. The maximum absolute atomic E-state index is 12.9. The van der Waals surface area contributed by atoms with Crippen molar-refractivity contribution in [2.75, 3.05) is 18.1 Å². The normalized spacial score (nSPS) is 11.7. The first-order chi connectivity index (χ1) is 10.8. The molecule has 23 heavy (non-hydrogen) atoms. The van der Waals surface area contributed by atoms with Gasteiger partial charge in [0.05, 0.1) is 18.9 Å². The highest BCUT2D eigenvalue weighted by Crippen LogP contribution is 2.29. The molecule has 2 heterocycles. The predicted octanol–water partition coefficient (Wildman–Crippen LogP) is 2.90. The number of hydrogen-bond donors (Lipinski definition) is 0. The summed E-state index contributed by atoms with van der Waals surface area (Å²) < 4.78 is 52.8. The number of nitrogens with zero attached hydrogens (tertiary/aromatic N) is 5. The topological polar surface area (TPSA) is 46.8 Å². The first kappa shape index (κ1) is 17.2. The minimum atomic E-state index is -4.56. The third kappa shape index (κ3) is 4.64. The van der Waals surface area contributed by atoms with E-state index in [1.807, 2.05) is 0 Å². The number of halogens is 4. The fourth-order valence-electron chi connectivity index (χ4n) is 2.08. The number of rotatable bonds is 6. The zero-order valence-electron chi connectivity index (χ0n) is 12.8. The minimum absolute atomic E-state index is 0.0728. The van der Waals surface area contributed by atoms with Gasteiger partial charge in [-0.1, -0.05) is 0 Å². The highest BCUT2D eigenvalue weighted by atomic mass is 19.4. The average molecular weight is 331 g/mol. The highest BCUT2D eigenvalue weighted by molar-refractivity contribution is 5.34. The van der Waals surface area contributed by atoms with Gasteiger partial charge in [-0.2, -0.15) is 18.3 Å². The van der Waals surface area contributed by atoms with Crippen molar-refractivity contribution < 1.29 is 17.6 Å². The largest absolute Gasteiger partial charge is 0.433 e. The second-order valence-electron chi connectivity index (χ2n) is 5.14. The van der Waals surface area contributed by atoms with Gasteiger partial charge in [0.25, 0.3) is 0 Å². The smallest absolute Gasteiger partial charge is 0.335 e. The van der Waals surface area contributed by atoms with Gasteiger partial charge in [0.2, 0.25) is 5.95 Å². The molecule has 2 rings (SSSR count). The molecule has 0 N–H and O–H groups in total. The zero-order valence-corrected chi connectivity index (χ0v) is 12.8. The summed E-state index contributed by atoms with van der Waals surface area (Å²) in [5.41, 5.74) is -0.162. The summed E-state index contributed by atoms with van der Waals surface area (Å²) >= 11 is 0. The van der Waals surface area contributed by atoms with Crippen molar-refractivity contribution in [2.24, 2.45) is 7.05 Å². The van der Waals surface area contributed by atoms with E-state index in [4.69, 9.17) is 0 Å². The van der Waals surface area contributed by atoms with Crippen molar-refractivity contribution in [1.82, 2.24) is 19.7 Å². The van der Waals surface area contributed by atoms with Crippen LogP contribution in [0.5, 0.6) is 0 Å². The standard InChI is InChI=1S/C14H17F4N5/c1-10-8-12(14(16,17)18)20-13(19-10)23(6-3-5-15)9-11-4-7-22(2)21-11/h4,7-8H,3,5-6,9H2,1-2H3. The van der Waals surface area contributed by atoms with E-state index in [2.05, 4.69) is 15.1 Å². The van der Waals surface area contributed by atoms with Crippen LogP contribution in [0, 0.1) is 6.92 Å². The second kappa shape index (κ2) is 6.93. The molecule has 9 heteroatoms. The van der Waals surface area contributed by atoms with Crippen LogP contribution in [0.15, 0.2) is 18.3 Å². The minimum Gasteiger partial charge on any atom is -0.335 e. The van der Waals surface area contributed by atoms with Crippen LogP contribution < -0.4 is 4.90 Å². The van der Waals surface area contributed by atoms with Gasteiger partial charge in [-0.05, 0) is 25.5 Å². The van der Waals surface area contributed by atoms with E-state index < -0.39 is 18.5 Å². The molecule has 0 saturated carbocycles. The lowest BCUT2D eigenvalue weighted by Gasteiger charge is -2.22. The van der Waals surface area contributed by atoms with Gasteiger partial charge in [-0.3, -0.25) is 9.07 Å². The SMILES string of the molecule is Cc1cc(C(F)(F)F)nc(N(CCCF)Cc2ccn(C)n2)n1. The van der Waals surface area contributed by atoms with Crippen molar-refractivity contribution in [3.8, 4) is 0 Å². The summed E-state index contributed by atoms with van der Waals surface area (Å²) in [4.78, 5) is 9.16. The van der Waals surface area contributed by atoms with E-state index in [1.54, 1.807) is 24.0 Å². The molecule has 0 spiro atoms. The first-order valence-electron chi connectivity index (χ1n) is 7.02. The Morgan fingerprint density at radius 1 is 1.26 bits per heavy atom. The second-order valence-corrected chi connectivity index (χ2v) is 5.14. The van der Waals surface area contributed by atoms with Gasteiger partial charge >= 0.3 is 6.18 Å². The summed E-state index contributed by atoms with van der Waals surface area (Å²) in [5, 5.41) is 4.18. The molecule has 5 nitrogen and oxygen atoms in total. The van der Waals surface area contributed by atoms with Crippen LogP contribution in [0.25, 0.3) is 0 Å². The van der Waals surface area contributed by atoms with Crippen LogP contribution in [-0.2, 0) is 19.8 Å². The Hall–Kier alpha value is -2.19. The Labute approximate surface area is 131 Å². The summed E-state index contributed by atoms with van der Waals surface area (Å²) in [6.45, 7) is 1.31. The molecule has 0 bridgehead atoms. The lowest BCUT2D eigenvalue weighted by Crippen LogP contribution is -2.28. The van der Waals surface area contributed by atoms with Crippen molar-refractivity contribution in [3.05, 3.63) is 35.4 Å². The molecule has 0 aliphatic carbocycles. The molecular weight excluding hydrogens is 314 g/mol. The maximum atomic E-state index is 12.9. The Bertz CT molecular complexity index is 653. The highest BCUT2D eigenvalue weighted by Gasteiger charge is 2.33. The maximum Gasteiger partial charge on any atom is 0.433 e. The number of aryl methyl sites for hydroxylation is 2. The number of anilines is 1. The van der Waals surface area contributed by atoms with E-state index >= 15 is 0 Å². The Balaban J connectivity index is 2.32. The molecule has 0 amide bonds.